The normalized spacial score (nSPS) is 11.3. The summed E-state index contributed by atoms with van der Waals surface area (Å²) in [5.41, 5.74) is 3.27. The molecule has 0 bridgehead atoms. The monoisotopic (exact) mass is 334 g/mol. The molecule has 0 spiro atoms. The molecular weight excluding hydrogens is 303 g/mol. The van der Waals surface area contributed by atoms with Gasteiger partial charge in [0.05, 0.1) is 6.21 Å². The summed E-state index contributed by atoms with van der Waals surface area (Å²) in [6.45, 7) is 4.55. The molecule has 1 amide bonds. The first-order valence-corrected chi connectivity index (χ1v) is 9.15. The molecule has 1 rings (SSSR count). The predicted molar refractivity (Wildman–Crippen MR) is 98.5 cm³/mol. The molecule has 0 heterocycles. The summed E-state index contributed by atoms with van der Waals surface area (Å²) in [6.07, 6.45) is 11.8. The molecule has 0 aliphatic carbocycles. The van der Waals surface area contributed by atoms with Gasteiger partial charge >= 0.3 is 0 Å². The average Bonchev–Trinajstić information content (AvgIpc) is 2.55. The number of carbonyl (C=O) groups is 1. The first-order chi connectivity index (χ1) is 11.6. The summed E-state index contributed by atoms with van der Waals surface area (Å²) in [4.78, 5) is 11.6. The Morgan fingerprint density at radius 3 is 2.25 bits per heavy atom. The molecule has 1 N–H and O–H groups in total. The summed E-state index contributed by atoms with van der Waals surface area (Å²) >= 11 is 0. The van der Waals surface area contributed by atoms with Crippen LogP contribution in [-0.4, -0.2) is 12.1 Å². The van der Waals surface area contributed by atoms with Crippen molar-refractivity contribution in [2.75, 3.05) is 0 Å². The SMILES string of the molecule is CC(C)CCCCCCCCCC(=O)NN=Cc1ccc(F)cc1. The van der Waals surface area contributed by atoms with E-state index in [-0.39, 0.29) is 11.7 Å². The van der Waals surface area contributed by atoms with Crippen LogP contribution in [0.3, 0.4) is 0 Å². The lowest BCUT2D eigenvalue weighted by molar-refractivity contribution is -0.121. The Labute approximate surface area is 145 Å². The van der Waals surface area contributed by atoms with Crippen LogP contribution in [0.2, 0.25) is 0 Å². The van der Waals surface area contributed by atoms with Gasteiger partial charge in [-0.15, -0.1) is 0 Å². The van der Waals surface area contributed by atoms with Crippen LogP contribution in [0.4, 0.5) is 4.39 Å². The number of hydrazone groups is 1. The number of nitrogens with zero attached hydrogens (tertiary/aromatic N) is 1. The van der Waals surface area contributed by atoms with Crippen LogP contribution in [-0.2, 0) is 4.79 Å². The van der Waals surface area contributed by atoms with Gasteiger partial charge in [0.15, 0.2) is 0 Å². The van der Waals surface area contributed by atoms with E-state index in [9.17, 15) is 9.18 Å². The highest BCUT2D eigenvalue weighted by atomic mass is 19.1. The van der Waals surface area contributed by atoms with Crippen molar-refractivity contribution >= 4 is 12.1 Å². The van der Waals surface area contributed by atoms with Crippen LogP contribution in [0.5, 0.6) is 0 Å². The standard InChI is InChI=1S/C20H31FN2O/c1-17(2)10-8-6-4-3-5-7-9-11-20(24)23-22-16-18-12-14-19(21)15-13-18/h12-17H,3-11H2,1-2H3,(H,23,24). The Morgan fingerprint density at radius 2 is 1.62 bits per heavy atom. The molecule has 134 valence electrons. The van der Waals surface area contributed by atoms with E-state index in [2.05, 4.69) is 24.4 Å². The summed E-state index contributed by atoms with van der Waals surface area (Å²) in [7, 11) is 0. The van der Waals surface area contributed by atoms with Gasteiger partial charge in [0.1, 0.15) is 5.82 Å². The molecule has 0 saturated carbocycles. The third-order valence-electron chi connectivity index (χ3n) is 3.96. The van der Waals surface area contributed by atoms with Crippen molar-refractivity contribution < 1.29 is 9.18 Å². The van der Waals surface area contributed by atoms with Crippen LogP contribution in [0.1, 0.15) is 77.2 Å². The molecule has 1 aromatic carbocycles. The molecule has 0 unspecified atom stereocenters. The average molecular weight is 334 g/mol. The van der Waals surface area contributed by atoms with E-state index in [1.165, 1.54) is 56.9 Å². The zero-order valence-electron chi connectivity index (χ0n) is 15.1. The second-order valence-electron chi connectivity index (χ2n) is 6.75. The van der Waals surface area contributed by atoms with E-state index in [0.29, 0.717) is 6.42 Å². The highest BCUT2D eigenvalue weighted by molar-refractivity contribution is 5.82. The number of halogens is 1. The van der Waals surface area contributed by atoms with E-state index in [0.717, 1.165) is 24.3 Å². The van der Waals surface area contributed by atoms with Crippen LogP contribution < -0.4 is 5.43 Å². The molecule has 24 heavy (non-hydrogen) atoms. The second kappa shape index (κ2) is 12.7. The Bertz CT molecular complexity index is 483. The van der Waals surface area contributed by atoms with Gasteiger partial charge in [-0.05, 0) is 30.0 Å². The summed E-state index contributed by atoms with van der Waals surface area (Å²) in [6, 6.07) is 5.97. The van der Waals surface area contributed by atoms with E-state index >= 15 is 0 Å². The number of rotatable bonds is 12. The molecule has 0 saturated heterocycles. The maximum atomic E-state index is 12.7. The van der Waals surface area contributed by atoms with Crippen molar-refractivity contribution in [1.29, 1.82) is 0 Å². The summed E-state index contributed by atoms with van der Waals surface area (Å²) in [5, 5.41) is 3.89. The predicted octanol–water partition coefficient (Wildman–Crippen LogP) is 5.44. The third-order valence-corrected chi connectivity index (χ3v) is 3.96. The van der Waals surface area contributed by atoms with Crippen molar-refractivity contribution in [2.45, 2.75) is 71.6 Å². The molecule has 1 aromatic rings. The van der Waals surface area contributed by atoms with E-state index in [1.54, 1.807) is 12.1 Å². The van der Waals surface area contributed by atoms with Crippen molar-refractivity contribution in [3.05, 3.63) is 35.6 Å². The zero-order chi connectivity index (χ0) is 17.6. The summed E-state index contributed by atoms with van der Waals surface area (Å²) < 4.78 is 12.7. The van der Waals surface area contributed by atoms with Gasteiger partial charge in [0.2, 0.25) is 5.91 Å². The lowest BCUT2D eigenvalue weighted by atomic mass is 10.0. The van der Waals surface area contributed by atoms with Crippen molar-refractivity contribution in [3.63, 3.8) is 0 Å². The van der Waals surface area contributed by atoms with Crippen LogP contribution in [0, 0.1) is 11.7 Å². The van der Waals surface area contributed by atoms with Gasteiger partial charge in [0, 0.05) is 6.42 Å². The fraction of sp³-hybridized carbons (Fsp3) is 0.600. The Hall–Kier alpha value is -1.71. The van der Waals surface area contributed by atoms with Gasteiger partial charge in [-0.2, -0.15) is 5.10 Å². The molecule has 0 aliphatic heterocycles. The summed E-state index contributed by atoms with van der Waals surface area (Å²) in [5.74, 6) is 0.468. The van der Waals surface area contributed by atoms with Gasteiger partial charge in [-0.1, -0.05) is 70.9 Å². The number of benzene rings is 1. The van der Waals surface area contributed by atoms with Crippen LogP contribution in [0.25, 0.3) is 0 Å². The van der Waals surface area contributed by atoms with E-state index < -0.39 is 0 Å². The maximum absolute atomic E-state index is 12.7. The largest absolute Gasteiger partial charge is 0.273 e. The van der Waals surface area contributed by atoms with E-state index in [4.69, 9.17) is 0 Å². The van der Waals surface area contributed by atoms with Gasteiger partial charge in [0.25, 0.3) is 0 Å². The second-order valence-corrected chi connectivity index (χ2v) is 6.75. The molecule has 3 nitrogen and oxygen atoms in total. The third kappa shape index (κ3) is 10.9. The van der Waals surface area contributed by atoms with Crippen molar-refractivity contribution in [1.82, 2.24) is 5.43 Å². The molecule has 0 radical (unpaired) electrons. The Kier molecular flexibility index (Phi) is 10.7. The number of carbonyl (C=O) groups excluding carboxylic acids is 1. The topological polar surface area (TPSA) is 41.5 Å². The molecule has 0 aromatic heterocycles. The first kappa shape index (κ1) is 20.3. The Balaban J connectivity index is 1.97. The number of hydrogen-bond donors (Lipinski definition) is 1. The number of unbranched alkanes of at least 4 members (excludes halogenated alkanes) is 6. The van der Waals surface area contributed by atoms with Crippen molar-refractivity contribution in [2.24, 2.45) is 11.0 Å². The fourth-order valence-corrected chi connectivity index (χ4v) is 2.51. The minimum absolute atomic E-state index is 0.0645. The number of amides is 1. The van der Waals surface area contributed by atoms with Gasteiger partial charge < -0.3 is 0 Å². The minimum atomic E-state index is -0.281. The van der Waals surface area contributed by atoms with Crippen LogP contribution in [0.15, 0.2) is 29.4 Å². The lowest BCUT2D eigenvalue weighted by Gasteiger charge is -2.04. The van der Waals surface area contributed by atoms with Gasteiger partial charge in [-0.3, -0.25) is 4.79 Å². The quantitative estimate of drug-likeness (QED) is 0.308. The van der Waals surface area contributed by atoms with Gasteiger partial charge in [-0.25, -0.2) is 9.82 Å². The lowest BCUT2D eigenvalue weighted by Crippen LogP contribution is -2.16. The fourth-order valence-electron chi connectivity index (χ4n) is 2.51. The minimum Gasteiger partial charge on any atom is -0.273 e. The maximum Gasteiger partial charge on any atom is 0.240 e. The smallest absolute Gasteiger partial charge is 0.240 e. The zero-order valence-corrected chi connectivity index (χ0v) is 15.1. The highest BCUT2D eigenvalue weighted by Gasteiger charge is 2.00. The first-order valence-electron chi connectivity index (χ1n) is 9.15. The number of hydrogen-bond acceptors (Lipinski definition) is 2. The highest BCUT2D eigenvalue weighted by Crippen LogP contribution is 2.12. The number of nitrogens with one attached hydrogen (secondary N) is 1. The Morgan fingerprint density at radius 1 is 1.04 bits per heavy atom. The molecular formula is C20H31FN2O. The van der Waals surface area contributed by atoms with E-state index in [1.807, 2.05) is 0 Å². The molecule has 4 heteroatoms. The van der Waals surface area contributed by atoms with Crippen molar-refractivity contribution in [3.8, 4) is 0 Å². The molecule has 0 fully saturated rings. The molecule has 0 aliphatic rings. The van der Waals surface area contributed by atoms with Crippen LogP contribution >= 0.6 is 0 Å². The molecule has 0 atom stereocenters.